The molecule has 0 aromatic heterocycles. The van der Waals surface area contributed by atoms with Crippen LogP contribution in [0.2, 0.25) is 0 Å². The molecule has 4 rings (SSSR count). The third-order valence-corrected chi connectivity index (χ3v) is 9.99. The number of hydrogen-bond donors (Lipinski definition) is 2. The van der Waals surface area contributed by atoms with Gasteiger partial charge in [0.05, 0.1) is 6.10 Å². The SMILES string of the molecule is CCCCNC[C@@H](C)[C@H]1CC[C@H]2C3=CC[C@H]4C[C@@H](O)CC[C@]4(C)[C@H]3CC[C@]12C. The predicted molar refractivity (Wildman–Crippen MR) is 118 cm³/mol. The van der Waals surface area contributed by atoms with Crippen molar-refractivity contribution >= 4 is 0 Å². The van der Waals surface area contributed by atoms with Gasteiger partial charge in [-0.3, -0.25) is 0 Å². The molecule has 3 saturated carbocycles. The van der Waals surface area contributed by atoms with Gasteiger partial charge < -0.3 is 10.4 Å². The van der Waals surface area contributed by atoms with Gasteiger partial charge in [0.1, 0.15) is 0 Å². The molecule has 0 radical (unpaired) electrons. The topological polar surface area (TPSA) is 32.3 Å². The molecule has 28 heavy (non-hydrogen) atoms. The minimum atomic E-state index is -0.0428. The first kappa shape index (κ1) is 20.9. The lowest BCUT2D eigenvalue weighted by Crippen LogP contribution is -2.50. The number of hydrogen-bond acceptors (Lipinski definition) is 2. The molecule has 0 saturated heterocycles. The van der Waals surface area contributed by atoms with Crippen LogP contribution in [0.5, 0.6) is 0 Å². The van der Waals surface area contributed by atoms with Gasteiger partial charge in [0.15, 0.2) is 0 Å². The molecule has 0 aromatic rings. The van der Waals surface area contributed by atoms with E-state index in [1.807, 2.05) is 5.57 Å². The van der Waals surface area contributed by atoms with E-state index in [1.54, 1.807) is 0 Å². The predicted octanol–water partition coefficient (Wildman–Crippen LogP) is 5.95. The van der Waals surface area contributed by atoms with Crippen molar-refractivity contribution in [2.75, 3.05) is 13.1 Å². The molecule has 4 aliphatic rings. The summed E-state index contributed by atoms with van der Waals surface area (Å²) in [4.78, 5) is 0. The summed E-state index contributed by atoms with van der Waals surface area (Å²) in [6.45, 7) is 12.4. The maximum atomic E-state index is 10.2. The molecule has 2 N–H and O–H groups in total. The summed E-state index contributed by atoms with van der Waals surface area (Å²) in [6.07, 6.45) is 15.4. The highest BCUT2D eigenvalue weighted by Gasteiger charge is 2.58. The number of nitrogens with one attached hydrogen (secondary N) is 1. The van der Waals surface area contributed by atoms with Gasteiger partial charge in [-0.2, -0.15) is 0 Å². The molecule has 0 unspecified atom stereocenters. The van der Waals surface area contributed by atoms with E-state index in [2.05, 4.69) is 39.1 Å². The lowest BCUT2D eigenvalue weighted by molar-refractivity contribution is -0.0424. The standard InChI is InChI=1S/C26H45NO/c1-5-6-15-27-17-18(2)22-9-10-23-21-8-7-19-16-20(28)11-13-25(19,3)24(21)12-14-26(22,23)4/h8,18-20,22-24,27-28H,5-7,9-17H2,1-4H3/t18-,19+,20+,22-,23+,24+,25+,26-/m1/s1. The number of unbranched alkanes of at least 4 members (excludes halogenated alkanes) is 1. The second-order valence-electron chi connectivity index (χ2n) is 11.4. The quantitative estimate of drug-likeness (QED) is 0.436. The highest BCUT2D eigenvalue weighted by Crippen LogP contribution is 2.66. The largest absolute Gasteiger partial charge is 0.393 e. The van der Waals surface area contributed by atoms with E-state index in [4.69, 9.17) is 0 Å². The van der Waals surface area contributed by atoms with Gasteiger partial charge >= 0.3 is 0 Å². The maximum absolute atomic E-state index is 10.2. The minimum Gasteiger partial charge on any atom is -0.393 e. The van der Waals surface area contributed by atoms with Crippen molar-refractivity contribution in [3.63, 3.8) is 0 Å². The molecule has 4 aliphatic carbocycles. The highest BCUT2D eigenvalue weighted by atomic mass is 16.3. The van der Waals surface area contributed by atoms with Crippen molar-refractivity contribution in [2.24, 2.45) is 40.4 Å². The van der Waals surface area contributed by atoms with E-state index in [9.17, 15) is 5.11 Å². The summed E-state index contributed by atoms with van der Waals surface area (Å²) >= 11 is 0. The van der Waals surface area contributed by atoms with Crippen LogP contribution < -0.4 is 5.32 Å². The second-order valence-corrected chi connectivity index (χ2v) is 11.4. The van der Waals surface area contributed by atoms with E-state index >= 15 is 0 Å². The van der Waals surface area contributed by atoms with Gasteiger partial charge in [-0.15, -0.1) is 0 Å². The minimum absolute atomic E-state index is 0.0428. The van der Waals surface area contributed by atoms with Crippen LogP contribution in [0, 0.1) is 40.4 Å². The summed E-state index contributed by atoms with van der Waals surface area (Å²) in [6, 6.07) is 0. The average Bonchev–Trinajstić information content (AvgIpc) is 3.03. The second kappa shape index (κ2) is 8.06. The van der Waals surface area contributed by atoms with Gasteiger partial charge in [-0.05, 0) is 111 Å². The number of aliphatic hydroxyl groups excluding tert-OH is 1. The fraction of sp³-hybridized carbons (Fsp3) is 0.923. The Morgan fingerprint density at radius 3 is 2.64 bits per heavy atom. The zero-order valence-corrected chi connectivity index (χ0v) is 19.0. The first-order chi connectivity index (χ1) is 13.4. The van der Waals surface area contributed by atoms with E-state index in [0.717, 1.165) is 36.5 Å². The molecule has 0 spiro atoms. The maximum Gasteiger partial charge on any atom is 0.0543 e. The van der Waals surface area contributed by atoms with Gasteiger partial charge in [0.2, 0.25) is 0 Å². The Balaban J connectivity index is 1.48. The van der Waals surface area contributed by atoms with E-state index in [1.165, 1.54) is 64.5 Å². The first-order valence-corrected chi connectivity index (χ1v) is 12.5. The normalized spacial score (nSPS) is 46.3. The average molecular weight is 388 g/mol. The Kier molecular flexibility index (Phi) is 6.02. The van der Waals surface area contributed by atoms with Crippen LogP contribution in [0.1, 0.15) is 91.9 Å². The van der Waals surface area contributed by atoms with Crippen molar-refractivity contribution < 1.29 is 5.11 Å². The van der Waals surface area contributed by atoms with Crippen molar-refractivity contribution in [1.29, 1.82) is 0 Å². The molecule has 160 valence electrons. The molecule has 0 bridgehead atoms. The lowest BCUT2D eigenvalue weighted by Gasteiger charge is -2.57. The molecule has 2 heteroatoms. The fourth-order valence-corrected chi connectivity index (χ4v) is 8.24. The fourth-order valence-electron chi connectivity index (χ4n) is 8.24. The number of allylic oxidation sites excluding steroid dienone is 2. The Morgan fingerprint density at radius 1 is 1.11 bits per heavy atom. The zero-order valence-electron chi connectivity index (χ0n) is 19.0. The van der Waals surface area contributed by atoms with Crippen molar-refractivity contribution in [2.45, 2.75) is 98.0 Å². The summed E-state index contributed by atoms with van der Waals surface area (Å²) in [5.74, 6) is 4.02. The summed E-state index contributed by atoms with van der Waals surface area (Å²) in [5, 5.41) is 14.0. The van der Waals surface area contributed by atoms with Crippen LogP contribution in [-0.4, -0.2) is 24.3 Å². The van der Waals surface area contributed by atoms with Crippen molar-refractivity contribution in [3.8, 4) is 0 Å². The van der Waals surface area contributed by atoms with Crippen LogP contribution in [0.4, 0.5) is 0 Å². The number of fused-ring (bicyclic) bond motifs is 5. The van der Waals surface area contributed by atoms with Crippen LogP contribution in [-0.2, 0) is 0 Å². The van der Waals surface area contributed by atoms with E-state index in [-0.39, 0.29) is 6.10 Å². The van der Waals surface area contributed by atoms with Gasteiger partial charge in [-0.25, -0.2) is 0 Å². The molecule has 0 aliphatic heterocycles. The Bertz CT molecular complexity index is 585. The van der Waals surface area contributed by atoms with Crippen molar-refractivity contribution in [3.05, 3.63) is 11.6 Å². The Hall–Kier alpha value is -0.340. The molecule has 2 nitrogen and oxygen atoms in total. The summed E-state index contributed by atoms with van der Waals surface area (Å²) < 4.78 is 0. The molecule has 0 amide bonds. The Morgan fingerprint density at radius 2 is 1.86 bits per heavy atom. The third kappa shape index (κ3) is 3.41. The molecular formula is C26H45NO. The van der Waals surface area contributed by atoms with Crippen LogP contribution >= 0.6 is 0 Å². The first-order valence-electron chi connectivity index (χ1n) is 12.5. The summed E-state index contributed by atoms with van der Waals surface area (Å²) in [7, 11) is 0. The Labute approximate surface area is 173 Å². The third-order valence-electron chi connectivity index (χ3n) is 9.99. The number of aliphatic hydroxyl groups is 1. The molecule has 8 atom stereocenters. The van der Waals surface area contributed by atoms with Gasteiger partial charge in [-0.1, -0.05) is 45.8 Å². The molecule has 0 aromatic carbocycles. The highest BCUT2D eigenvalue weighted by molar-refractivity contribution is 5.27. The van der Waals surface area contributed by atoms with Crippen LogP contribution in [0.3, 0.4) is 0 Å². The number of rotatable bonds is 6. The zero-order chi connectivity index (χ0) is 19.9. The summed E-state index contributed by atoms with van der Waals surface area (Å²) in [5.41, 5.74) is 2.83. The van der Waals surface area contributed by atoms with Crippen LogP contribution in [0.15, 0.2) is 11.6 Å². The van der Waals surface area contributed by atoms with Gasteiger partial charge in [0.25, 0.3) is 0 Å². The van der Waals surface area contributed by atoms with Crippen LogP contribution in [0.25, 0.3) is 0 Å². The molecule has 3 fully saturated rings. The smallest absolute Gasteiger partial charge is 0.0543 e. The molecular weight excluding hydrogens is 342 g/mol. The molecule has 0 heterocycles. The van der Waals surface area contributed by atoms with E-state index < -0.39 is 0 Å². The van der Waals surface area contributed by atoms with Gasteiger partial charge in [0, 0.05) is 0 Å². The monoisotopic (exact) mass is 387 g/mol. The van der Waals surface area contributed by atoms with E-state index in [0.29, 0.717) is 16.7 Å². The lowest BCUT2D eigenvalue weighted by atomic mass is 9.47. The van der Waals surface area contributed by atoms with Crippen molar-refractivity contribution in [1.82, 2.24) is 5.32 Å².